The maximum Gasteiger partial charge on any atom is 0.139 e. The molecule has 0 fully saturated rings. The van der Waals surface area contributed by atoms with Crippen molar-refractivity contribution in [3.8, 4) is 0 Å². The predicted molar refractivity (Wildman–Crippen MR) is 65.3 cm³/mol. The second-order valence-corrected chi connectivity index (χ2v) is 3.16. The minimum absolute atomic E-state index is 0. The van der Waals surface area contributed by atoms with Crippen molar-refractivity contribution < 1.29 is 10.6 Å². The zero-order valence-electron chi connectivity index (χ0n) is 9.08. The number of allylic oxidation sites excluding steroid dienone is 3. The van der Waals surface area contributed by atoms with Gasteiger partial charge in [0.2, 0.25) is 0 Å². The van der Waals surface area contributed by atoms with Crippen LogP contribution in [0.3, 0.4) is 0 Å². The Morgan fingerprint density at radius 3 is 2.20 bits per heavy atom. The van der Waals surface area contributed by atoms with E-state index in [0.717, 1.165) is 5.57 Å². The molecular formula is C12H21NO2. The van der Waals surface area contributed by atoms with Crippen LogP contribution in [0.2, 0.25) is 0 Å². The summed E-state index contributed by atoms with van der Waals surface area (Å²) in [5, 5.41) is 9.89. The van der Waals surface area contributed by atoms with Gasteiger partial charge in [-0.3, -0.25) is 5.73 Å². The van der Waals surface area contributed by atoms with E-state index in [1.54, 1.807) is 18.2 Å². The van der Waals surface area contributed by atoms with Gasteiger partial charge in [0.25, 0.3) is 0 Å². The van der Waals surface area contributed by atoms with Crippen molar-refractivity contribution in [1.82, 2.24) is 0 Å². The number of nitrogens with two attached hydrogens (primary N) is 1. The number of aliphatic hydroxyl groups is 1. The summed E-state index contributed by atoms with van der Waals surface area (Å²) in [5.41, 5.74) is 5.18. The second kappa shape index (κ2) is 8.17. The van der Waals surface area contributed by atoms with E-state index in [9.17, 15) is 5.11 Å². The Morgan fingerprint density at radius 2 is 1.80 bits per heavy atom. The average molecular weight is 211 g/mol. The normalized spacial score (nSPS) is 14.7. The Morgan fingerprint density at radius 1 is 1.20 bits per heavy atom. The summed E-state index contributed by atoms with van der Waals surface area (Å²) in [6.07, 6.45) is 8.56. The first-order chi connectivity index (χ1) is 6.58. The van der Waals surface area contributed by atoms with Gasteiger partial charge >= 0.3 is 0 Å². The van der Waals surface area contributed by atoms with Gasteiger partial charge in [0.15, 0.2) is 0 Å². The highest BCUT2D eigenvalue weighted by molar-refractivity contribution is 5.19. The molecule has 0 rings (SSSR count). The molecule has 0 saturated carbocycles. The van der Waals surface area contributed by atoms with Crippen LogP contribution in [0.25, 0.3) is 0 Å². The molecule has 0 aliphatic rings. The Labute approximate surface area is 91.6 Å². The van der Waals surface area contributed by atoms with Crippen molar-refractivity contribution in [2.45, 2.75) is 25.0 Å². The van der Waals surface area contributed by atoms with E-state index < -0.39 is 5.72 Å². The maximum absolute atomic E-state index is 9.89. The van der Waals surface area contributed by atoms with Gasteiger partial charge in [-0.25, -0.2) is 0 Å². The average Bonchev–Trinajstić information content (AvgIpc) is 2.11. The van der Waals surface area contributed by atoms with Crippen LogP contribution in [0.1, 0.15) is 19.3 Å². The highest BCUT2D eigenvalue weighted by Gasteiger charge is 2.23. The molecule has 0 aromatic rings. The molecule has 0 saturated heterocycles. The molecule has 0 spiro atoms. The van der Waals surface area contributed by atoms with Crippen molar-refractivity contribution in [1.29, 1.82) is 0 Å². The highest BCUT2D eigenvalue weighted by Crippen LogP contribution is 2.20. The first kappa shape index (κ1) is 16.3. The molecule has 0 aromatic heterocycles. The quantitative estimate of drug-likeness (QED) is 0.494. The van der Waals surface area contributed by atoms with Crippen LogP contribution in [-0.4, -0.2) is 16.3 Å². The molecule has 15 heavy (non-hydrogen) atoms. The summed E-state index contributed by atoms with van der Waals surface area (Å²) in [6.45, 7) is 10.8. The van der Waals surface area contributed by atoms with Crippen LogP contribution in [0.15, 0.2) is 49.6 Å². The molecule has 3 nitrogen and oxygen atoms in total. The molecular weight excluding hydrogens is 190 g/mol. The lowest BCUT2D eigenvalue weighted by Gasteiger charge is -2.24. The van der Waals surface area contributed by atoms with Crippen molar-refractivity contribution >= 4 is 0 Å². The van der Waals surface area contributed by atoms with Crippen LogP contribution >= 0.6 is 0 Å². The summed E-state index contributed by atoms with van der Waals surface area (Å²) >= 11 is 0. The van der Waals surface area contributed by atoms with Crippen LogP contribution in [0.4, 0.5) is 0 Å². The maximum atomic E-state index is 9.89. The molecule has 1 atom stereocenters. The lowest BCUT2D eigenvalue weighted by molar-refractivity contribution is 0.0864. The van der Waals surface area contributed by atoms with Crippen LogP contribution in [0, 0.1) is 0 Å². The zero-order chi connectivity index (χ0) is 11.0. The number of rotatable bonds is 7. The number of hydrogen-bond acceptors (Lipinski definition) is 2. The largest absolute Gasteiger partial charge is 0.412 e. The van der Waals surface area contributed by atoms with E-state index in [4.69, 9.17) is 5.73 Å². The Hall–Kier alpha value is -1.16. The summed E-state index contributed by atoms with van der Waals surface area (Å²) < 4.78 is 0. The molecule has 0 heterocycles. The summed E-state index contributed by atoms with van der Waals surface area (Å²) in [6, 6.07) is 0. The third kappa shape index (κ3) is 6.01. The molecule has 0 aliphatic carbocycles. The predicted octanol–water partition coefficient (Wildman–Crippen LogP) is 1.46. The second-order valence-electron chi connectivity index (χ2n) is 3.16. The van der Waals surface area contributed by atoms with E-state index in [0.29, 0.717) is 19.3 Å². The van der Waals surface area contributed by atoms with Crippen molar-refractivity contribution in [2.24, 2.45) is 5.73 Å². The van der Waals surface area contributed by atoms with Crippen LogP contribution < -0.4 is 5.73 Å². The molecule has 5 N–H and O–H groups in total. The standard InChI is InChI=1S/C12H19NO.H2O/c1-4-7-9-11(8-5-2)12(13,14)10-6-3;/h4-6,9,14H,1-3,7-8,10,13H2;1H2. The lowest BCUT2D eigenvalue weighted by atomic mass is 9.96. The summed E-state index contributed by atoms with van der Waals surface area (Å²) in [4.78, 5) is 0. The number of hydrogen-bond donors (Lipinski definition) is 2. The molecule has 3 heteroatoms. The topological polar surface area (TPSA) is 77.8 Å². The molecule has 0 radical (unpaired) electrons. The van der Waals surface area contributed by atoms with Gasteiger partial charge in [-0.15, -0.1) is 19.7 Å². The van der Waals surface area contributed by atoms with E-state index in [-0.39, 0.29) is 5.48 Å². The van der Waals surface area contributed by atoms with Gasteiger partial charge in [0, 0.05) is 6.42 Å². The van der Waals surface area contributed by atoms with E-state index in [1.165, 1.54) is 0 Å². The molecule has 0 bridgehead atoms. The third-order valence-electron chi connectivity index (χ3n) is 1.91. The fraction of sp³-hybridized carbons (Fsp3) is 0.333. The Kier molecular flexibility index (Phi) is 8.87. The van der Waals surface area contributed by atoms with Crippen LogP contribution in [0.5, 0.6) is 0 Å². The Balaban J connectivity index is 0. The van der Waals surface area contributed by atoms with Gasteiger partial charge in [0.05, 0.1) is 0 Å². The molecule has 0 amide bonds. The third-order valence-corrected chi connectivity index (χ3v) is 1.91. The van der Waals surface area contributed by atoms with Gasteiger partial charge in [0.1, 0.15) is 5.72 Å². The molecule has 0 aromatic carbocycles. The smallest absolute Gasteiger partial charge is 0.139 e. The first-order valence-electron chi connectivity index (χ1n) is 4.62. The monoisotopic (exact) mass is 211 g/mol. The van der Waals surface area contributed by atoms with E-state index >= 15 is 0 Å². The highest BCUT2D eigenvalue weighted by atomic mass is 16.3. The van der Waals surface area contributed by atoms with Crippen molar-refractivity contribution in [3.05, 3.63) is 49.6 Å². The van der Waals surface area contributed by atoms with Gasteiger partial charge in [-0.1, -0.05) is 24.3 Å². The SMILES string of the molecule is C=CCC=C(CC=C)C(N)(O)CC=C.O. The summed E-state index contributed by atoms with van der Waals surface area (Å²) in [5.74, 6) is 0. The van der Waals surface area contributed by atoms with Gasteiger partial charge < -0.3 is 10.6 Å². The summed E-state index contributed by atoms with van der Waals surface area (Å²) in [7, 11) is 0. The zero-order valence-corrected chi connectivity index (χ0v) is 9.08. The minimum atomic E-state index is -1.31. The fourth-order valence-electron chi connectivity index (χ4n) is 1.17. The molecule has 0 aliphatic heterocycles. The van der Waals surface area contributed by atoms with Crippen molar-refractivity contribution in [2.75, 3.05) is 0 Å². The van der Waals surface area contributed by atoms with E-state index in [1.807, 2.05) is 6.08 Å². The molecule has 86 valence electrons. The van der Waals surface area contributed by atoms with Gasteiger partial charge in [-0.2, -0.15) is 0 Å². The van der Waals surface area contributed by atoms with E-state index in [2.05, 4.69) is 19.7 Å². The molecule has 1 unspecified atom stereocenters. The fourth-order valence-corrected chi connectivity index (χ4v) is 1.17. The Bertz CT molecular complexity index is 242. The minimum Gasteiger partial charge on any atom is -0.412 e. The van der Waals surface area contributed by atoms with Gasteiger partial charge in [-0.05, 0) is 18.4 Å². The van der Waals surface area contributed by atoms with Crippen LogP contribution in [-0.2, 0) is 0 Å². The van der Waals surface area contributed by atoms with Crippen molar-refractivity contribution in [3.63, 3.8) is 0 Å². The first-order valence-corrected chi connectivity index (χ1v) is 4.62. The lowest BCUT2D eigenvalue weighted by Crippen LogP contribution is -2.41.